The van der Waals surface area contributed by atoms with Gasteiger partial charge in [0.1, 0.15) is 0 Å². The fourth-order valence-electron chi connectivity index (χ4n) is 2.67. The van der Waals surface area contributed by atoms with E-state index in [1.807, 2.05) is 11.6 Å². The second kappa shape index (κ2) is 4.16. The number of carboxylic acids is 1. The van der Waals surface area contributed by atoms with E-state index in [1.165, 1.54) is 5.39 Å². The Morgan fingerprint density at radius 2 is 2.41 bits per heavy atom. The molecule has 0 aliphatic carbocycles. The number of carbonyl (C=O) groups is 1. The third-order valence-corrected chi connectivity index (χ3v) is 4.38. The van der Waals surface area contributed by atoms with Gasteiger partial charge in [-0.1, -0.05) is 0 Å². The van der Waals surface area contributed by atoms with Crippen LogP contribution in [0.2, 0.25) is 0 Å². The third-order valence-electron chi connectivity index (χ3n) is 3.53. The van der Waals surface area contributed by atoms with E-state index in [0.717, 1.165) is 23.4 Å². The fraction of sp³-hybridized carbons (Fsp3) is 0.417. The van der Waals surface area contributed by atoms with Gasteiger partial charge >= 0.3 is 5.97 Å². The van der Waals surface area contributed by atoms with Gasteiger partial charge in [-0.15, -0.1) is 11.3 Å². The normalized spacial score (nSPS) is 25.2. The number of aromatic nitrogens is 1. The molecule has 2 unspecified atom stereocenters. The van der Waals surface area contributed by atoms with Gasteiger partial charge in [-0.3, -0.25) is 4.79 Å². The standard InChI is InChI=1S/C12H14N2O2S/c15-12(16)10-5-13-3-1-7(10)9-6-14-11-8(9)2-4-17-11/h2,4,6-7,10,13-14H,1,3,5H2,(H,15,16). The molecule has 3 rings (SSSR count). The lowest BCUT2D eigenvalue weighted by atomic mass is 9.81. The molecule has 4 nitrogen and oxygen atoms in total. The molecule has 0 spiro atoms. The van der Waals surface area contributed by atoms with Crippen LogP contribution >= 0.6 is 11.3 Å². The van der Waals surface area contributed by atoms with Crippen molar-refractivity contribution in [2.45, 2.75) is 12.3 Å². The van der Waals surface area contributed by atoms with Gasteiger partial charge in [-0.25, -0.2) is 0 Å². The zero-order valence-electron chi connectivity index (χ0n) is 9.27. The maximum atomic E-state index is 11.3. The van der Waals surface area contributed by atoms with E-state index < -0.39 is 5.97 Å². The Morgan fingerprint density at radius 1 is 1.53 bits per heavy atom. The zero-order valence-corrected chi connectivity index (χ0v) is 10.1. The van der Waals surface area contributed by atoms with E-state index in [4.69, 9.17) is 0 Å². The average Bonchev–Trinajstić information content (AvgIpc) is 2.90. The van der Waals surface area contributed by atoms with Gasteiger partial charge in [0.25, 0.3) is 0 Å². The molecule has 2 aromatic rings. The number of nitrogens with one attached hydrogen (secondary N) is 2. The van der Waals surface area contributed by atoms with Crippen LogP contribution in [0.15, 0.2) is 17.6 Å². The highest BCUT2D eigenvalue weighted by molar-refractivity contribution is 7.16. The van der Waals surface area contributed by atoms with Crippen molar-refractivity contribution in [2.24, 2.45) is 5.92 Å². The maximum Gasteiger partial charge on any atom is 0.308 e. The first kappa shape index (κ1) is 10.8. The van der Waals surface area contributed by atoms with Crippen molar-refractivity contribution < 1.29 is 9.90 Å². The Bertz CT molecular complexity index is 545. The van der Waals surface area contributed by atoms with Crippen molar-refractivity contribution in [3.05, 3.63) is 23.2 Å². The molecule has 90 valence electrons. The van der Waals surface area contributed by atoms with Crippen LogP contribution in [0, 0.1) is 5.92 Å². The molecule has 1 aliphatic rings. The summed E-state index contributed by atoms with van der Waals surface area (Å²) in [5.74, 6) is -0.897. The summed E-state index contributed by atoms with van der Waals surface area (Å²) < 4.78 is 0. The van der Waals surface area contributed by atoms with Crippen molar-refractivity contribution in [3.63, 3.8) is 0 Å². The summed E-state index contributed by atoms with van der Waals surface area (Å²) >= 11 is 1.66. The van der Waals surface area contributed by atoms with Crippen LogP contribution in [0.4, 0.5) is 0 Å². The number of hydrogen-bond donors (Lipinski definition) is 3. The Hall–Kier alpha value is -1.33. The van der Waals surface area contributed by atoms with Crippen LogP contribution in [-0.2, 0) is 4.79 Å². The van der Waals surface area contributed by atoms with Crippen molar-refractivity contribution in [1.82, 2.24) is 10.3 Å². The average molecular weight is 250 g/mol. The smallest absolute Gasteiger partial charge is 0.308 e. The van der Waals surface area contributed by atoms with E-state index >= 15 is 0 Å². The van der Waals surface area contributed by atoms with E-state index in [0.29, 0.717) is 6.54 Å². The van der Waals surface area contributed by atoms with E-state index in [9.17, 15) is 9.90 Å². The van der Waals surface area contributed by atoms with Gasteiger partial charge in [0.2, 0.25) is 0 Å². The van der Waals surface area contributed by atoms with Crippen LogP contribution in [0.25, 0.3) is 10.2 Å². The first-order chi connectivity index (χ1) is 8.27. The molecular formula is C12H14N2O2S. The van der Waals surface area contributed by atoms with Crippen LogP contribution in [0.5, 0.6) is 0 Å². The maximum absolute atomic E-state index is 11.3. The topological polar surface area (TPSA) is 65.1 Å². The quantitative estimate of drug-likeness (QED) is 0.764. The molecule has 0 bridgehead atoms. The highest BCUT2D eigenvalue weighted by Gasteiger charge is 2.33. The lowest BCUT2D eigenvalue weighted by molar-refractivity contribution is -0.142. The minimum absolute atomic E-state index is 0.122. The SMILES string of the molecule is O=C(O)C1CNCCC1c1c[nH]c2sccc12. The Kier molecular flexibility index (Phi) is 2.64. The summed E-state index contributed by atoms with van der Waals surface area (Å²) in [5.41, 5.74) is 1.16. The molecule has 0 saturated carbocycles. The second-order valence-corrected chi connectivity index (χ2v) is 5.37. The predicted molar refractivity (Wildman–Crippen MR) is 67.5 cm³/mol. The van der Waals surface area contributed by atoms with Crippen LogP contribution < -0.4 is 5.32 Å². The number of aliphatic carboxylic acids is 1. The number of fused-ring (bicyclic) bond motifs is 1. The first-order valence-electron chi connectivity index (χ1n) is 5.75. The molecule has 3 heterocycles. The summed E-state index contributed by atoms with van der Waals surface area (Å²) in [5, 5.41) is 15.7. The molecule has 5 heteroatoms. The molecule has 17 heavy (non-hydrogen) atoms. The van der Waals surface area contributed by atoms with Crippen LogP contribution in [0.1, 0.15) is 17.9 Å². The van der Waals surface area contributed by atoms with Crippen molar-refractivity contribution in [2.75, 3.05) is 13.1 Å². The number of hydrogen-bond acceptors (Lipinski definition) is 3. The molecule has 2 aromatic heterocycles. The van der Waals surface area contributed by atoms with Gasteiger partial charge in [0.15, 0.2) is 0 Å². The number of H-pyrrole nitrogens is 1. The van der Waals surface area contributed by atoms with Gasteiger partial charge in [-0.05, 0) is 30.0 Å². The fourth-order valence-corrected chi connectivity index (χ4v) is 3.45. The zero-order chi connectivity index (χ0) is 11.8. The molecule has 1 fully saturated rings. The van der Waals surface area contributed by atoms with Gasteiger partial charge in [-0.2, -0.15) is 0 Å². The summed E-state index contributed by atoms with van der Waals surface area (Å²) in [6.45, 7) is 1.46. The lowest BCUT2D eigenvalue weighted by Crippen LogP contribution is -2.39. The number of carboxylic acid groups (broad SMARTS) is 1. The number of aromatic amines is 1. The van der Waals surface area contributed by atoms with Gasteiger partial charge < -0.3 is 15.4 Å². The minimum Gasteiger partial charge on any atom is -0.481 e. The van der Waals surface area contributed by atoms with E-state index in [1.54, 1.807) is 11.3 Å². The van der Waals surface area contributed by atoms with E-state index in [2.05, 4.69) is 16.4 Å². The van der Waals surface area contributed by atoms with Crippen molar-refractivity contribution in [3.8, 4) is 0 Å². The summed E-state index contributed by atoms with van der Waals surface area (Å²) in [7, 11) is 0. The predicted octanol–water partition coefficient (Wildman–Crippen LogP) is 2.01. The largest absolute Gasteiger partial charge is 0.481 e. The molecule has 0 amide bonds. The Balaban J connectivity index is 2.01. The van der Waals surface area contributed by atoms with Gasteiger partial charge in [0.05, 0.1) is 10.7 Å². The molecule has 0 radical (unpaired) electrons. The molecule has 1 aliphatic heterocycles. The molecule has 2 atom stereocenters. The molecule has 3 N–H and O–H groups in total. The Labute approximate surface area is 103 Å². The molecule has 1 saturated heterocycles. The number of rotatable bonds is 2. The van der Waals surface area contributed by atoms with Gasteiger partial charge in [0, 0.05) is 24.0 Å². The van der Waals surface area contributed by atoms with Crippen molar-refractivity contribution in [1.29, 1.82) is 0 Å². The summed E-state index contributed by atoms with van der Waals surface area (Å²) in [4.78, 5) is 15.7. The summed E-state index contributed by atoms with van der Waals surface area (Å²) in [6, 6.07) is 2.08. The Morgan fingerprint density at radius 3 is 3.24 bits per heavy atom. The monoisotopic (exact) mass is 250 g/mol. The van der Waals surface area contributed by atoms with Crippen LogP contribution in [0.3, 0.4) is 0 Å². The highest BCUT2D eigenvalue weighted by atomic mass is 32.1. The van der Waals surface area contributed by atoms with E-state index in [-0.39, 0.29) is 11.8 Å². The second-order valence-electron chi connectivity index (χ2n) is 4.45. The molecular weight excluding hydrogens is 236 g/mol. The minimum atomic E-state index is -0.702. The third kappa shape index (κ3) is 1.75. The summed E-state index contributed by atoms with van der Waals surface area (Å²) in [6.07, 6.45) is 2.87. The highest BCUT2D eigenvalue weighted by Crippen LogP contribution is 2.36. The number of piperidine rings is 1. The first-order valence-corrected chi connectivity index (χ1v) is 6.63. The lowest BCUT2D eigenvalue weighted by Gasteiger charge is -2.29. The number of thiophene rings is 1. The molecule has 0 aromatic carbocycles. The van der Waals surface area contributed by atoms with Crippen LogP contribution in [-0.4, -0.2) is 29.1 Å². The van der Waals surface area contributed by atoms with Crippen molar-refractivity contribution >= 4 is 27.5 Å².